The van der Waals surface area contributed by atoms with E-state index in [-0.39, 0.29) is 5.75 Å². The number of rotatable bonds is 2. The number of hydrogen-bond donors (Lipinski definition) is 2. The van der Waals surface area contributed by atoms with Crippen LogP contribution in [0.15, 0.2) is 6.07 Å². The minimum atomic E-state index is 0.275. The fourth-order valence-electron chi connectivity index (χ4n) is 2.58. The first-order valence-electron chi connectivity index (χ1n) is 6.30. The number of nitrogens with one attached hydrogen (secondary N) is 1. The van der Waals surface area contributed by atoms with Gasteiger partial charge in [0.05, 0.1) is 5.02 Å². The lowest BCUT2D eigenvalue weighted by Crippen LogP contribution is -2.35. The van der Waals surface area contributed by atoms with E-state index in [2.05, 4.69) is 11.4 Å². The quantitative estimate of drug-likeness (QED) is 0.847. The normalized spacial score (nSPS) is 20.5. The molecule has 1 atom stereocenters. The van der Waals surface area contributed by atoms with Crippen molar-refractivity contribution in [2.75, 3.05) is 6.54 Å². The Morgan fingerprint density at radius 3 is 2.76 bits per heavy atom. The molecule has 1 unspecified atom stereocenters. The monoisotopic (exact) mass is 253 g/mol. The number of benzene rings is 1. The van der Waals surface area contributed by atoms with E-state index in [1.54, 1.807) is 0 Å². The van der Waals surface area contributed by atoms with E-state index >= 15 is 0 Å². The molecule has 1 heterocycles. The van der Waals surface area contributed by atoms with Crippen LogP contribution in [-0.4, -0.2) is 17.7 Å². The summed E-state index contributed by atoms with van der Waals surface area (Å²) in [5, 5.41) is 14.1. The number of halogens is 1. The predicted molar refractivity (Wildman–Crippen MR) is 71.9 cm³/mol. The van der Waals surface area contributed by atoms with Crippen LogP contribution >= 0.6 is 11.6 Å². The van der Waals surface area contributed by atoms with Gasteiger partial charge in [0.2, 0.25) is 0 Å². The summed E-state index contributed by atoms with van der Waals surface area (Å²) in [5.41, 5.74) is 3.08. The molecular formula is C14H20ClNO. The smallest absolute Gasteiger partial charge is 0.137 e. The molecule has 2 nitrogen and oxygen atoms in total. The molecule has 0 bridgehead atoms. The number of aromatic hydroxyl groups is 1. The van der Waals surface area contributed by atoms with Gasteiger partial charge in [-0.2, -0.15) is 0 Å². The Labute approximate surface area is 108 Å². The highest BCUT2D eigenvalue weighted by Gasteiger charge is 2.18. The van der Waals surface area contributed by atoms with Gasteiger partial charge in [-0.25, -0.2) is 0 Å². The van der Waals surface area contributed by atoms with Crippen molar-refractivity contribution < 1.29 is 5.11 Å². The van der Waals surface area contributed by atoms with Crippen LogP contribution in [0.5, 0.6) is 5.75 Å². The predicted octanol–water partition coefficient (Wildman–Crippen LogP) is 3.35. The summed E-state index contributed by atoms with van der Waals surface area (Å²) >= 11 is 6.10. The third-order valence-electron chi connectivity index (χ3n) is 3.61. The average Bonchev–Trinajstić information content (AvgIpc) is 2.33. The van der Waals surface area contributed by atoms with Crippen LogP contribution in [0, 0.1) is 13.8 Å². The molecule has 0 spiro atoms. The summed E-state index contributed by atoms with van der Waals surface area (Å²) in [7, 11) is 0. The van der Waals surface area contributed by atoms with E-state index in [1.807, 2.05) is 13.8 Å². The van der Waals surface area contributed by atoms with Crippen LogP contribution in [0.25, 0.3) is 0 Å². The standard InChI is InChI=1S/C14H20ClNO/c1-9-7-10(2)13(15)14(17)12(9)8-11-5-3-4-6-16-11/h7,11,16-17H,3-6,8H2,1-2H3. The first-order valence-corrected chi connectivity index (χ1v) is 6.68. The number of phenolic OH excluding ortho intramolecular Hbond substituents is 1. The van der Waals surface area contributed by atoms with Crippen LogP contribution < -0.4 is 5.32 Å². The van der Waals surface area contributed by atoms with E-state index in [0.29, 0.717) is 11.1 Å². The average molecular weight is 254 g/mol. The van der Waals surface area contributed by atoms with E-state index in [4.69, 9.17) is 11.6 Å². The molecule has 0 aromatic heterocycles. The molecule has 1 saturated heterocycles. The molecule has 17 heavy (non-hydrogen) atoms. The maximum Gasteiger partial charge on any atom is 0.137 e. The Bertz CT molecular complexity index is 411. The van der Waals surface area contributed by atoms with Crippen LogP contribution in [0.1, 0.15) is 36.0 Å². The molecule has 0 amide bonds. The Kier molecular flexibility index (Phi) is 3.95. The summed E-state index contributed by atoms with van der Waals surface area (Å²) in [6, 6.07) is 2.53. The zero-order valence-corrected chi connectivity index (χ0v) is 11.3. The van der Waals surface area contributed by atoms with Crippen LogP contribution in [0.4, 0.5) is 0 Å². The van der Waals surface area contributed by atoms with Gasteiger partial charge >= 0.3 is 0 Å². The minimum absolute atomic E-state index is 0.275. The molecule has 1 fully saturated rings. The highest BCUT2D eigenvalue weighted by Crippen LogP contribution is 2.34. The van der Waals surface area contributed by atoms with Crippen molar-refractivity contribution in [3.05, 3.63) is 27.8 Å². The van der Waals surface area contributed by atoms with Crippen LogP contribution in [0.2, 0.25) is 5.02 Å². The molecule has 1 aliphatic heterocycles. The fourth-order valence-corrected chi connectivity index (χ4v) is 2.75. The number of piperidine rings is 1. The lowest BCUT2D eigenvalue weighted by molar-refractivity contribution is 0.391. The fraction of sp³-hybridized carbons (Fsp3) is 0.571. The third kappa shape index (κ3) is 2.75. The lowest BCUT2D eigenvalue weighted by Gasteiger charge is -2.25. The highest BCUT2D eigenvalue weighted by molar-refractivity contribution is 6.32. The molecule has 3 heteroatoms. The van der Waals surface area contributed by atoms with Crippen molar-refractivity contribution >= 4 is 11.6 Å². The zero-order chi connectivity index (χ0) is 12.4. The van der Waals surface area contributed by atoms with Gasteiger partial charge in [0, 0.05) is 6.04 Å². The topological polar surface area (TPSA) is 32.3 Å². The summed E-state index contributed by atoms with van der Waals surface area (Å²) in [6.07, 6.45) is 4.59. The van der Waals surface area contributed by atoms with E-state index in [0.717, 1.165) is 29.7 Å². The van der Waals surface area contributed by atoms with Crippen molar-refractivity contribution in [2.24, 2.45) is 0 Å². The molecule has 2 N–H and O–H groups in total. The van der Waals surface area contributed by atoms with Gasteiger partial charge in [-0.05, 0) is 56.3 Å². The molecule has 1 aromatic rings. The Balaban J connectivity index is 2.22. The Morgan fingerprint density at radius 1 is 1.35 bits per heavy atom. The first-order chi connectivity index (χ1) is 8.09. The molecule has 94 valence electrons. The largest absolute Gasteiger partial charge is 0.506 e. The molecule has 2 rings (SSSR count). The summed E-state index contributed by atoms with van der Waals surface area (Å²) in [6.45, 7) is 5.06. The Morgan fingerprint density at radius 2 is 2.12 bits per heavy atom. The van der Waals surface area contributed by atoms with E-state index in [9.17, 15) is 5.11 Å². The first kappa shape index (κ1) is 12.7. The molecule has 0 radical (unpaired) electrons. The molecule has 1 aliphatic rings. The van der Waals surface area contributed by atoms with Crippen molar-refractivity contribution in [1.82, 2.24) is 5.32 Å². The maximum absolute atomic E-state index is 10.1. The molecule has 1 aromatic carbocycles. The van der Waals surface area contributed by atoms with Crippen molar-refractivity contribution in [3.63, 3.8) is 0 Å². The van der Waals surface area contributed by atoms with Crippen molar-refractivity contribution in [3.8, 4) is 5.75 Å². The Hall–Kier alpha value is -0.730. The SMILES string of the molecule is Cc1cc(C)c(CC2CCCCN2)c(O)c1Cl. The van der Waals surface area contributed by atoms with Gasteiger partial charge < -0.3 is 10.4 Å². The van der Waals surface area contributed by atoms with Gasteiger partial charge in [0.1, 0.15) is 5.75 Å². The third-order valence-corrected chi connectivity index (χ3v) is 4.09. The van der Waals surface area contributed by atoms with Gasteiger partial charge in [0.15, 0.2) is 0 Å². The number of hydrogen-bond acceptors (Lipinski definition) is 2. The molecular weight excluding hydrogens is 234 g/mol. The zero-order valence-electron chi connectivity index (χ0n) is 10.5. The van der Waals surface area contributed by atoms with Crippen LogP contribution in [-0.2, 0) is 6.42 Å². The van der Waals surface area contributed by atoms with E-state index in [1.165, 1.54) is 19.3 Å². The van der Waals surface area contributed by atoms with E-state index < -0.39 is 0 Å². The second kappa shape index (κ2) is 5.28. The summed E-state index contributed by atoms with van der Waals surface area (Å²) in [4.78, 5) is 0. The van der Waals surface area contributed by atoms with Crippen LogP contribution in [0.3, 0.4) is 0 Å². The molecule has 0 saturated carbocycles. The molecule has 0 aliphatic carbocycles. The summed E-state index contributed by atoms with van der Waals surface area (Å²) < 4.78 is 0. The summed E-state index contributed by atoms with van der Waals surface area (Å²) in [5.74, 6) is 0.275. The second-order valence-corrected chi connectivity index (χ2v) is 5.38. The second-order valence-electron chi connectivity index (χ2n) is 5.00. The van der Waals surface area contributed by atoms with Gasteiger partial charge in [-0.1, -0.05) is 24.1 Å². The number of phenols is 1. The van der Waals surface area contributed by atoms with Gasteiger partial charge in [-0.3, -0.25) is 0 Å². The minimum Gasteiger partial charge on any atom is -0.506 e. The van der Waals surface area contributed by atoms with Gasteiger partial charge in [-0.15, -0.1) is 0 Å². The maximum atomic E-state index is 10.1. The van der Waals surface area contributed by atoms with Crippen molar-refractivity contribution in [1.29, 1.82) is 0 Å². The number of aryl methyl sites for hydroxylation is 2. The van der Waals surface area contributed by atoms with Gasteiger partial charge in [0.25, 0.3) is 0 Å². The lowest BCUT2D eigenvalue weighted by atomic mass is 9.93. The van der Waals surface area contributed by atoms with Crippen molar-refractivity contribution in [2.45, 2.75) is 45.6 Å². The highest BCUT2D eigenvalue weighted by atomic mass is 35.5.